The van der Waals surface area contributed by atoms with Gasteiger partial charge in [0.15, 0.2) is 6.61 Å². The standard InChI is InChI=1S/C30H30N4O3S2/c1-4-23-7-5-6-8-26(23)31-19-34-29(36)27(39-30(34)38)17-22-11-15-25(16-12-22)37-18-28(35)33-32-21(3)24-13-9-20(2)10-14-24/h5-17,31H,4,18-19H2,1-3H3,(H,33,35)/b27-17-,32-21-. The van der Waals surface area contributed by atoms with Crippen LogP contribution < -0.4 is 15.5 Å². The molecule has 0 aliphatic carbocycles. The van der Waals surface area contributed by atoms with E-state index in [1.807, 2.05) is 68.4 Å². The summed E-state index contributed by atoms with van der Waals surface area (Å²) >= 11 is 6.74. The van der Waals surface area contributed by atoms with Crippen LogP contribution in [-0.2, 0) is 16.0 Å². The lowest BCUT2D eigenvalue weighted by Crippen LogP contribution is -2.33. The molecule has 0 saturated carbocycles. The van der Waals surface area contributed by atoms with E-state index in [-0.39, 0.29) is 18.4 Å². The Hall–Kier alpha value is -3.95. The Bertz CT molecular complexity index is 1420. The fraction of sp³-hybridized carbons (Fsp3) is 0.200. The number of nitrogens with one attached hydrogen (secondary N) is 2. The molecule has 0 bridgehead atoms. The maximum absolute atomic E-state index is 13.0. The van der Waals surface area contributed by atoms with Gasteiger partial charge in [0, 0.05) is 5.69 Å². The van der Waals surface area contributed by atoms with Gasteiger partial charge in [-0.1, -0.05) is 91.1 Å². The molecule has 0 aromatic heterocycles. The summed E-state index contributed by atoms with van der Waals surface area (Å²) < 4.78 is 6.10. The largest absolute Gasteiger partial charge is 0.484 e. The Balaban J connectivity index is 1.29. The summed E-state index contributed by atoms with van der Waals surface area (Å²) in [6.45, 7) is 6.08. The van der Waals surface area contributed by atoms with E-state index in [0.717, 1.165) is 28.8 Å². The average molecular weight is 559 g/mol. The van der Waals surface area contributed by atoms with Gasteiger partial charge >= 0.3 is 0 Å². The Labute approximate surface area is 238 Å². The van der Waals surface area contributed by atoms with Crippen LogP contribution in [-0.4, -0.2) is 40.0 Å². The molecule has 2 N–H and O–H groups in total. The number of hydrogen-bond donors (Lipinski definition) is 2. The molecule has 0 unspecified atom stereocenters. The van der Waals surface area contributed by atoms with Crippen LogP contribution in [0.25, 0.3) is 6.08 Å². The van der Waals surface area contributed by atoms with Gasteiger partial charge in [-0.15, -0.1) is 0 Å². The number of carbonyl (C=O) groups excluding carboxylic acids is 2. The van der Waals surface area contributed by atoms with Gasteiger partial charge in [0.1, 0.15) is 10.1 Å². The minimum absolute atomic E-state index is 0.134. The molecule has 7 nitrogen and oxygen atoms in total. The maximum Gasteiger partial charge on any atom is 0.277 e. The minimum atomic E-state index is -0.357. The van der Waals surface area contributed by atoms with Crippen LogP contribution in [0.3, 0.4) is 0 Å². The molecule has 4 rings (SSSR count). The number of para-hydroxylation sites is 1. The van der Waals surface area contributed by atoms with Crippen LogP contribution in [0.2, 0.25) is 0 Å². The smallest absolute Gasteiger partial charge is 0.277 e. The summed E-state index contributed by atoms with van der Waals surface area (Å²) in [6.07, 6.45) is 2.70. The molecular formula is C30H30N4O3S2. The summed E-state index contributed by atoms with van der Waals surface area (Å²) in [5.41, 5.74) is 8.33. The Morgan fingerprint density at radius 1 is 1.08 bits per heavy atom. The van der Waals surface area contributed by atoms with Crippen molar-refractivity contribution in [2.24, 2.45) is 5.10 Å². The number of anilines is 1. The lowest BCUT2D eigenvalue weighted by atomic mass is 10.1. The van der Waals surface area contributed by atoms with Gasteiger partial charge in [0.2, 0.25) is 0 Å². The third-order valence-electron chi connectivity index (χ3n) is 6.06. The van der Waals surface area contributed by atoms with E-state index in [9.17, 15) is 9.59 Å². The summed E-state index contributed by atoms with van der Waals surface area (Å²) in [5, 5.41) is 7.47. The molecule has 1 aliphatic heterocycles. The molecule has 0 radical (unpaired) electrons. The number of rotatable bonds is 10. The number of nitrogens with zero attached hydrogens (tertiary/aromatic N) is 2. The van der Waals surface area contributed by atoms with E-state index in [1.54, 1.807) is 23.1 Å². The molecule has 39 heavy (non-hydrogen) atoms. The summed E-state index contributed by atoms with van der Waals surface area (Å²) in [4.78, 5) is 27.3. The average Bonchev–Trinajstić information content (AvgIpc) is 3.21. The van der Waals surface area contributed by atoms with Crippen LogP contribution >= 0.6 is 24.0 Å². The van der Waals surface area contributed by atoms with E-state index in [2.05, 4.69) is 28.8 Å². The predicted octanol–water partition coefficient (Wildman–Crippen LogP) is 5.75. The highest BCUT2D eigenvalue weighted by molar-refractivity contribution is 8.26. The van der Waals surface area contributed by atoms with Crippen molar-refractivity contribution in [2.75, 3.05) is 18.6 Å². The molecule has 3 aromatic carbocycles. The zero-order valence-corrected chi connectivity index (χ0v) is 23.7. The topological polar surface area (TPSA) is 83.0 Å². The number of amides is 2. The first-order chi connectivity index (χ1) is 18.8. The molecule has 2 amide bonds. The number of thiocarbonyl (C=S) groups is 1. The molecule has 1 saturated heterocycles. The van der Waals surface area contributed by atoms with Crippen LogP contribution in [0.4, 0.5) is 5.69 Å². The third-order valence-corrected chi connectivity index (χ3v) is 7.44. The minimum Gasteiger partial charge on any atom is -0.484 e. The van der Waals surface area contributed by atoms with Gasteiger partial charge in [0.25, 0.3) is 11.8 Å². The molecule has 0 atom stereocenters. The summed E-state index contributed by atoms with van der Waals surface area (Å²) in [7, 11) is 0. The first kappa shape index (κ1) is 28.1. The number of benzene rings is 3. The summed E-state index contributed by atoms with van der Waals surface area (Å²) in [5.74, 6) is 0.0437. The lowest BCUT2D eigenvalue weighted by molar-refractivity contribution is -0.123. The number of carbonyl (C=O) groups is 2. The second-order valence-electron chi connectivity index (χ2n) is 8.91. The lowest BCUT2D eigenvalue weighted by Gasteiger charge is -2.17. The van der Waals surface area contributed by atoms with E-state index in [1.165, 1.54) is 17.3 Å². The normalized spacial score (nSPS) is 14.6. The molecule has 200 valence electrons. The van der Waals surface area contributed by atoms with Crippen molar-refractivity contribution in [1.82, 2.24) is 10.3 Å². The first-order valence-corrected chi connectivity index (χ1v) is 13.8. The highest BCUT2D eigenvalue weighted by Crippen LogP contribution is 2.33. The van der Waals surface area contributed by atoms with E-state index >= 15 is 0 Å². The van der Waals surface area contributed by atoms with Gasteiger partial charge in [-0.2, -0.15) is 5.10 Å². The second-order valence-corrected chi connectivity index (χ2v) is 10.6. The number of ether oxygens (including phenoxy) is 1. The van der Waals surface area contributed by atoms with Gasteiger partial charge in [-0.25, -0.2) is 5.43 Å². The SMILES string of the molecule is CCc1ccccc1NCN1C(=O)/C(=C/c2ccc(OCC(=O)N/N=C(/C)c3ccc(C)cc3)cc2)SC1=S. The third kappa shape index (κ3) is 7.55. The molecule has 0 spiro atoms. The highest BCUT2D eigenvalue weighted by Gasteiger charge is 2.31. The van der Waals surface area contributed by atoms with Crippen LogP contribution in [0.15, 0.2) is 82.8 Å². The van der Waals surface area contributed by atoms with Gasteiger partial charge in [-0.3, -0.25) is 14.5 Å². The van der Waals surface area contributed by atoms with E-state index in [0.29, 0.717) is 27.4 Å². The van der Waals surface area contributed by atoms with Crippen LogP contribution in [0.5, 0.6) is 5.75 Å². The monoisotopic (exact) mass is 558 g/mol. The van der Waals surface area contributed by atoms with Crippen molar-refractivity contribution in [1.29, 1.82) is 0 Å². The van der Waals surface area contributed by atoms with E-state index < -0.39 is 0 Å². The number of thioether (sulfide) groups is 1. The molecule has 1 heterocycles. The van der Waals surface area contributed by atoms with Crippen molar-refractivity contribution in [3.8, 4) is 5.75 Å². The zero-order valence-electron chi connectivity index (χ0n) is 22.1. The van der Waals surface area contributed by atoms with Gasteiger partial charge in [-0.05, 0) is 61.2 Å². The van der Waals surface area contributed by atoms with Gasteiger partial charge in [0.05, 0.1) is 17.3 Å². The first-order valence-electron chi connectivity index (χ1n) is 12.5. The van der Waals surface area contributed by atoms with Crippen LogP contribution in [0.1, 0.15) is 36.1 Å². The van der Waals surface area contributed by atoms with Crippen molar-refractivity contribution < 1.29 is 14.3 Å². The Morgan fingerprint density at radius 2 is 1.79 bits per heavy atom. The molecule has 1 fully saturated rings. The molecule has 1 aliphatic rings. The van der Waals surface area contributed by atoms with Gasteiger partial charge < -0.3 is 10.1 Å². The molecule has 3 aromatic rings. The fourth-order valence-electron chi connectivity index (χ4n) is 3.80. The quantitative estimate of drug-likeness (QED) is 0.143. The van der Waals surface area contributed by atoms with E-state index in [4.69, 9.17) is 17.0 Å². The van der Waals surface area contributed by atoms with Crippen LogP contribution in [0, 0.1) is 6.92 Å². The Morgan fingerprint density at radius 3 is 2.51 bits per heavy atom. The maximum atomic E-state index is 13.0. The van der Waals surface area contributed by atoms with Crippen molar-refractivity contribution >= 4 is 57.6 Å². The predicted molar refractivity (Wildman–Crippen MR) is 163 cm³/mol. The highest BCUT2D eigenvalue weighted by atomic mass is 32.2. The zero-order chi connectivity index (χ0) is 27.8. The Kier molecular flexibility index (Phi) is 9.51. The second kappa shape index (κ2) is 13.2. The molecule has 9 heteroatoms. The van der Waals surface area contributed by atoms with Crippen molar-refractivity contribution in [3.63, 3.8) is 0 Å². The number of aryl methyl sites for hydroxylation is 2. The molecular weight excluding hydrogens is 528 g/mol. The number of hydrogen-bond acceptors (Lipinski definition) is 7. The summed E-state index contributed by atoms with van der Waals surface area (Å²) in [6, 6.07) is 23.1. The fourth-order valence-corrected chi connectivity index (χ4v) is 5.06. The number of hydrazone groups is 1. The van der Waals surface area contributed by atoms with Crippen molar-refractivity contribution in [3.05, 3.63) is 100.0 Å². The van der Waals surface area contributed by atoms with Crippen molar-refractivity contribution in [2.45, 2.75) is 27.2 Å².